The maximum Gasteiger partial charge on any atom is 0.269 e. The minimum Gasteiger partial charge on any atom is -0.383 e. The van der Waals surface area contributed by atoms with E-state index in [2.05, 4.69) is 15.4 Å². The Hall–Kier alpha value is -2.24. The Morgan fingerprint density at radius 1 is 1.37 bits per heavy atom. The molecule has 19 heavy (non-hydrogen) atoms. The van der Waals surface area contributed by atoms with Crippen LogP contribution in [0.3, 0.4) is 0 Å². The van der Waals surface area contributed by atoms with E-state index in [4.69, 9.17) is 0 Å². The second-order valence-electron chi connectivity index (χ2n) is 4.54. The highest BCUT2D eigenvalue weighted by Gasteiger charge is 2.12. The number of aryl methyl sites for hydroxylation is 1. The predicted molar refractivity (Wildman–Crippen MR) is 68.6 cm³/mol. The van der Waals surface area contributed by atoms with Crippen molar-refractivity contribution in [1.82, 2.24) is 14.8 Å². The number of nitrogens with zero attached hydrogens (tertiary/aromatic N) is 3. The summed E-state index contributed by atoms with van der Waals surface area (Å²) in [6, 6.07) is 2.91. The van der Waals surface area contributed by atoms with E-state index >= 15 is 0 Å². The van der Waals surface area contributed by atoms with Crippen molar-refractivity contribution >= 4 is 5.69 Å². The molecule has 0 bridgehead atoms. The molecule has 2 aromatic rings. The molecule has 2 aromatic heterocycles. The lowest BCUT2D eigenvalue weighted by Crippen LogP contribution is -2.27. The van der Waals surface area contributed by atoms with E-state index in [-0.39, 0.29) is 12.1 Å². The zero-order chi connectivity index (χ0) is 13.2. The van der Waals surface area contributed by atoms with Gasteiger partial charge in [-0.15, -0.1) is 0 Å². The Labute approximate surface area is 109 Å². The molecule has 0 spiro atoms. The van der Waals surface area contributed by atoms with Crippen molar-refractivity contribution in [2.45, 2.75) is 19.4 Å². The van der Waals surface area contributed by atoms with Gasteiger partial charge in [-0.25, -0.2) is 9.07 Å². The van der Waals surface area contributed by atoms with Crippen LogP contribution in [-0.4, -0.2) is 21.3 Å². The van der Waals surface area contributed by atoms with Crippen LogP contribution >= 0.6 is 0 Å². The zero-order valence-electron chi connectivity index (χ0n) is 10.3. The van der Waals surface area contributed by atoms with Crippen LogP contribution in [0.25, 0.3) is 0 Å². The van der Waals surface area contributed by atoms with Crippen LogP contribution in [0.5, 0.6) is 0 Å². The highest BCUT2D eigenvalue weighted by molar-refractivity contribution is 5.48. The van der Waals surface area contributed by atoms with Gasteiger partial charge in [0.1, 0.15) is 5.82 Å². The van der Waals surface area contributed by atoms with Gasteiger partial charge >= 0.3 is 0 Å². The Morgan fingerprint density at radius 3 is 3.11 bits per heavy atom. The fourth-order valence-electron chi connectivity index (χ4n) is 2.18. The molecule has 1 N–H and O–H groups in total. The first-order valence-corrected chi connectivity index (χ1v) is 6.17. The topological polar surface area (TPSA) is 59.8 Å². The SMILES string of the molecule is O=c1cc2c(nn1Cc1cncc(F)c1)CCCN2. The van der Waals surface area contributed by atoms with Gasteiger partial charge in [0.25, 0.3) is 5.56 Å². The molecule has 6 heteroatoms. The monoisotopic (exact) mass is 260 g/mol. The maximum absolute atomic E-state index is 13.1. The summed E-state index contributed by atoms with van der Waals surface area (Å²) < 4.78 is 14.4. The van der Waals surface area contributed by atoms with Gasteiger partial charge in [0.15, 0.2) is 0 Å². The number of hydrogen-bond acceptors (Lipinski definition) is 4. The Bertz CT molecular complexity index is 668. The molecule has 0 fully saturated rings. The molecule has 3 heterocycles. The van der Waals surface area contributed by atoms with E-state index in [1.54, 1.807) is 6.07 Å². The second kappa shape index (κ2) is 4.79. The molecule has 0 atom stereocenters. The predicted octanol–water partition coefficient (Wildman–Crippen LogP) is 1.18. The van der Waals surface area contributed by atoms with E-state index in [0.29, 0.717) is 5.56 Å². The van der Waals surface area contributed by atoms with Crippen LogP contribution in [0, 0.1) is 5.82 Å². The molecule has 0 saturated carbocycles. The van der Waals surface area contributed by atoms with E-state index in [1.165, 1.54) is 16.9 Å². The van der Waals surface area contributed by atoms with Gasteiger partial charge in [-0.05, 0) is 24.5 Å². The number of pyridine rings is 1. The summed E-state index contributed by atoms with van der Waals surface area (Å²) in [7, 11) is 0. The highest BCUT2D eigenvalue weighted by atomic mass is 19.1. The first-order valence-electron chi connectivity index (χ1n) is 6.17. The molecule has 3 rings (SSSR count). The smallest absolute Gasteiger partial charge is 0.269 e. The lowest BCUT2D eigenvalue weighted by molar-refractivity contribution is 0.591. The van der Waals surface area contributed by atoms with Crippen LogP contribution in [0.4, 0.5) is 10.1 Å². The van der Waals surface area contributed by atoms with Crippen molar-refractivity contribution in [3.05, 3.63) is 52.0 Å². The first-order chi connectivity index (χ1) is 9.22. The Balaban J connectivity index is 1.95. The molecular formula is C13H13FN4O. The van der Waals surface area contributed by atoms with Gasteiger partial charge in [0.2, 0.25) is 0 Å². The third-order valence-electron chi connectivity index (χ3n) is 3.07. The van der Waals surface area contributed by atoms with Gasteiger partial charge in [-0.3, -0.25) is 9.78 Å². The molecule has 1 aliphatic rings. The third kappa shape index (κ3) is 2.47. The largest absolute Gasteiger partial charge is 0.383 e. The summed E-state index contributed by atoms with van der Waals surface area (Å²) in [5.41, 5.74) is 2.12. The minimum atomic E-state index is -0.412. The zero-order valence-corrected chi connectivity index (χ0v) is 10.3. The molecule has 98 valence electrons. The van der Waals surface area contributed by atoms with E-state index in [1.807, 2.05) is 0 Å². The van der Waals surface area contributed by atoms with Gasteiger partial charge in [-0.2, -0.15) is 5.10 Å². The van der Waals surface area contributed by atoms with E-state index < -0.39 is 5.82 Å². The molecule has 0 aromatic carbocycles. The molecule has 1 aliphatic heterocycles. The summed E-state index contributed by atoms with van der Waals surface area (Å²) in [4.78, 5) is 15.7. The lowest BCUT2D eigenvalue weighted by Gasteiger charge is -2.17. The standard InChI is InChI=1S/C13H13FN4O/c14-10-4-9(6-15-7-10)8-18-13(19)5-12-11(17-18)2-1-3-16-12/h4-7,16H,1-3,8H2. The van der Waals surface area contributed by atoms with Crippen LogP contribution in [0.15, 0.2) is 29.3 Å². The Morgan fingerprint density at radius 2 is 2.26 bits per heavy atom. The van der Waals surface area contributed by atoms with E-state index in [0.717, 1.165) is 37.0 Å². The maximum atomic E-state index is 13.1. The quantitative estimate of drug-likeness (QED) is 0.881. The number of fused-ring (bicyclic) bond motifs is 1. The van der Waals surface area contributed by atoms with Crippen molar-refractivity contribution in [2.75, 3.05) is 11.9 Å². The van der Waals surface area contributed by atoms with Gasteiger partial charge in [0.05, 0.1) is 24.1 Å². The molecule has 0 aliphatic carbocycles. The summed E-state index contributed by atoms with van der Waals surface area (Å²) in [5, 5.41) is 7.48. The Kier molecular flexibility index (Phi) is 2.98. The fraction of sp³-hybridized carbons (Fsp3) is 0.308. The fourth-order valence-corrected chi connectivity index (χ4v) is 2.18. The number of aromatic nitrogens is 3. The van der Waals surface area contributed by atoms with Crippen LogP contribution in [-0.2, 0) is 13.0 Å². The summed E-state index contributed by atoms with van der Waals surface area (Å²) >= 11 is 0. The number of nitrogens with one attached hydrogen (secondary N) is 1. The average molecular weight is 260 g/mol. The molecule has 0 unspecified atom stereocenters. The number of anilines is 1. The number of rotatable bonds is 2. The van der Waals surface area contributed by atoms with E-state index in [9.17, 15) is 9.18 Å². The van der Waals surface area contributed by atoms with Crippen molar-refractivity contribution < 1.29 is 4.39 Å². The molecule has 0 saturated heterocycles. The summed E-state index contributed by atoms with van der Waals surface area (Å²) in [6.45, 7) is 1.10. The minimum absolute atomic E-state index is 0.197. The number of halogens is 1. The van der Waals surface area contributed by atoms with Crippen molar-refractivity contribution in [2.24, 2.45) is 0 Å². The normalized spacial score (nSPS) is 13.7. The van der Waals surface area contributed by atoms with Crippen molar-refractivity contribution in [3.8, 4) is 0 Å². The molecular weight excluding hydrogens is 247 g/mol. The first kappa shape index (κ1) is 11.8. The van der Waals surface area contributed by atoms with Crippen LogP contribution in [0.2, 0.25) is 0 Å². The van der Waals surface area contributed by atoms with Gasteiger partial charge in [-0.1, -0.05) is 0 Å². The van der Waals surface area contributed by atoms with Crippen molar-refractivity contribution in [1.29, 1.82) is 0 Å². The van der Waals surface area contributed by atoms with Gasteiger partial charge < -0.3 is 5.32 Å². The second-order valence-corrected chi connectivity index (χ2v) is 4.54. The molecule has 5 nitrogen and oxygen atoms in total. The average Bonchev–Trinajstić information content (AvgIpc) is 2.40. The summed E-state index contributed by atoms with van der Waals surface area (Å²) in [5.74, 6) is -0.412. The lowest BCUT2D eigenvalue weighted by atomic mass is 10.1. The van der Waals surface area contributed by atoms with Gasteiger partial charge in [0, 0.05) is 18.8 Å². The summed E-state index contributed by atoms with van der Waals surface area (Å²) in [6.07, 6.45) is 4.52. The highest BCUT2D eigenvalue weighted by Crippen LogP contribution is 2.16. The van der Waals surface area contributed by atoms with Crippen LogP contribution < -0.4 is 10.9 Å². The molecule has 0 amide bonds. The number of hydrogen-bond donors (Lipinski definition) is 1. The third-order valence-corrected chi connectivity index (χ3v) is 3.07. The molecule has 0 radical (unpaired) electrons. The van der Waals surface area contributed by atoms with Crippen molar-refractivity contribution in [3.63, 3.8) is 0 Å². The van der Waals surface area contributed by atoms with Crippen LogP contribution in [0.1, 0.15) is 17.7 Å².